The number of carboxylic acids is 1. The molecule has 8 heteroatoms. The molecule has 1 heterocycles. The summed E-state index contributed by atoms with van der Waals surface area (Å²) in [6, 6.07) is 1.83. The smallest absolute Gasteiger partial charge is 0.313 e. The van der Waals surface area contributed by atoms with Crippen LogP contribution in [0.4, 0.5) is 0 Å². The second-order valence-electron chi connectivity index (χ2n) is 5.65. The second kappa shape index (κ2) is 6.17. The van der Waals surface area contributed by atoms with Crippen molar-refractivity contribution in [3.05, 3.63) is 11.8 Å². The molecule has 0 bridgehead atoms. The Hall–Kier alpha value is -1.02. The molecule has 0 unspecified atom stereocenters. The summed E-state index contributed by atoms with van der Waals surface area (Å²) in [5.41, 5.74) is 0.647. The zero-order valence-electron chi connectivity index (χ0n) is 12.1. The van der Waals surface area contributed by atoms with Crippen LogP contribution >= 0.6 is 11.8 Å². The fraction of sp³-hybridized carbons (Fsp3) is 0.667. The molecule has 0 saturated heterocycles. The summed E-state index contributed by atoms with van der Waals surface area (Å²) >= 11 is 1.15. The van der Waals surface area contributed by atoms with Crippen LogP contribution in [0.15, 0.2) is 11.1 Å². The molecular formula is C12H20N2O4S2. The maximum Gasteiger partial charge on any atom is 0.313 e. The molecule has 0 aromatic carbocycles. The monoisotopic (exact) mass is 320 g/mol. The number of hydrogen-bond donors (Lipinski definition) is 1. The summed E-state index contributed by atoms with van der Waals surface area (Å²) in [5.74, 6) is -1.00. The summed E-state index contributed by atoms with van der Waals surface area (Å²) in [6.07, 6.45) is 1.17. The van der Waals surface area contributed by atoms with Gasteiger partial charge < -0.3 is 5.11 Å². The standard InChI is InChI=1S/C12H20N2O4S2/c1-12(2,3)9-7-10(19-8-11(15)16)14(13-9)5-6-20(4,17)18/h7H,5-6,8H2,1-4H3,(H,15,16). The third kappa shape index (κ3) is 5.54. The molecule has 0 aliphatic carbocycles. The molecule has 0 atom stereocenters. The Labute approximate surface area is 123 Å². The van der Waals surface area contributed by atoms with Gasteiger partial charge in [-0.1, -0.05) is 32.5 Å². The fourth-order valence-electron chi connectivity index (χ4n) is 1.43. The third-order valence-electron chi connectivity index (χ3n) is 2.53. The van der Waals surface area contributed by atoms with Crippen molar-refractivity contribution in [3.8, 4) is 0 Å². The SMILES string of the molecule is CC(C)(C)c1cc(SCC(=O)O)n(CCS(C)(=O)=O)n1. The van der Waals surface area contributed by atoms with Crippen molar-refractivity contribution >= 4 is 27.6 Å². The fourth-order valence-corrected chi connectivity index (χ4v) is 2.68. The highest BCUT2D eigenvalue weighted by Gasteiger charge is 2.21. The van der Waals surface area contributed by atoms with Gasteiger partial charge in [0.25, 0.3) is 0 Å². The van der Waals surface area contributed by atoms with Gasteiger partial charge in [0.15, 0.2) is 0 Å². The molecule has 1 N–H and O–H groups in total. The second-order valence-corrected chi connectivity index (χ2v) is 8.91. The molecule has 1 aromatic rings. The van der Waals surface area contributed by atoms with Crippen molar-refractivity contribution in [2.24, 2.45) is 0 Å². The van der Waals surface area contributed by atoms with Crippen LogP contribution in [0, 0.1) is 0 Å². The summed E-state index contributed by atoms with van der Waals surface area (Å²) in [5, 5.41) is 13.8. The zero-order valence-corrected chi connectivity index (χ0v) is 13.7. The lowest BCUT2D eigenvalue weighted by Gasteiger charge is -2.14. The summed E-state index contributed by atoms with van der Waals surface area (Å²) in [6.45, 7) is 6.24. The maximum absolute atomic E-state index is 11.2. The minimum Gasteiger partial charge on any atom is -0.481 e. The van der Waals surface area contributed by atoms with Crippen LogP contribution in [0.1, 0.15) is 26.5 Å². The van der Waals surface area contributed by atoms with Crippen LogP contribution in [-0.4, -0.2) is 47.0 Å². The van der Waals surface area contributed by atoms with Gasteiger partial charge in [-0.15, -0.1) is 0 Å². The van der Waals surface area contributed by atoms with E-state index in [9.17, 15) is 13.2 Å². The number of thioether (sulfide) groups is 1. The normalized spacial score (nSPS) is 12.6. The van der Waals surface area contributed by atoms with E-state index in [-0.39, 0.29) is 23.5 Å². The first kappa shape index (κ1) is 17.0. The van der Waals surface area contributed by atoms with Gasteiger partial charge in [-0.05, 0) is 6.07 Å². The van der Waals surface area contributed by atoms with Crippen LogP contribution in [0.25, 0.3) is 0 Å². The molecule has 0 radical (unpaired) electrons. The quantitative estimate of drug-likeness (QED) is 0.797. The lowest BCUT2D eigenvalue weighted by molar-refractivity contribution is -0.133. The van der Waals surface area contributed by atoms with E-state index in [0.29, 0.717) is 5.03 Å². The zero-order chi connectivity index (χ0) is 15.6. The molecule has 0 aliphatic rings. The molecule has 0 amide bonds. The molecule has 1 rings (SSSR count). The first-order chi connectivity index (χ1) is 8.99. The molecule has 20 heavy (non-hydrogen) atoms. The molecule has 0 spiro atoms. The summed E-state index contributed by atoms with van der Waals surface area (Å²) < 4.78 is 24.1. The lowest BCUT2D eigenvalue weighted by Crippen LogP contribution is -2.16. The van der Waals surface area contributed by atoms with E-state index in [2.05, 4.69) is 5.10 Å². The van der Waals surface area contributed by atoms with E-state index in [4.69, 9.17) is 5.11 Å². The number of sulfone groups is 1. The van der Waals surface area contributed by atoms with Crippen LogP contribution < -0.4 is 0 Å². The number of carbonyl (C=O) groups is 1. The summed E-state index contributed by atoms with van der Waals surface area (Å²) in [7, 11) is -3.08. The topological polar surface area (TPSA) is 89.3 Å². The van der Waals surface area contributed by atoms with E-state index < -0.39 is 15.8 Å². The molecule has 1 aromatic heterocycles. The Balaban J connectivity index is 2.99. The van der Waals surface area contributed by atoms with E-state index in [1.807, 2.05) is 26.8 Å². The number of rotatable bonds is 6. The first-order valence-electron chi connectivity index (χ1n) is 6.10. The predicted molar refractivity (Wildman–Crippen MR) is 79.0 cm³/mol. The number of carboxylic acid groups (broad SMARTS) is 1. The van der Waals surface area contributed by atoms with E-state index in [1.165, 1.54) is 6.26 Å². The van der Waals surface area contributed by atoms with Crippen LogP contribution in [0.3, 0.4) is 0 Å². The van der Waals surface area contributed by atoms with Gasteiger partial charge in [0, 0.05) is 11.7 Å². The largest absolute Gasteiger partial charge is 0.481 e. The Bertz CT molecular complexity index is 585. The molecule has 0 saturated carbocycles. The van der Waals surface area contributed by atoms with Gasteiger partial charge in [0.1, 0.15) is 9.84 Å². The van der Waals surface area contributed by atoms with Gasteiger partial charge in [-0.25, -0.2) is 8.42 Å². The predicted octanol–water partition coefficient (Wildman–Crippen LogP) is 1.40. The summed E-state index contributed by atoms with van der Waals surface area (Å²) in [4.78, 5) is 10.7. The van der Waals surface area contributed by atoms with Crippen LogP contribution in [0.5, 0.6) is 0 Å². The first-order valence-corrected chi connectivity index (χ1v) is 9.14. The average Bonchev–Trinajstić information content (AvgIpc) is 2.65. The Morgan fingerprint density at radius 3 is 2.50 bits per heavy atom. The lowest BCUT2D eigenvalue weighted by atomic mass is 9.93. The number of aliphatic carboxylic acids is 1. The van der Waals surface area contributed by atoms with Gasteiger partial charge in [0.2, 0.25) is 0 Å². The van der Waals surface area contributed by atoms with Gasteiger partial charge >= 0.3 is 5.97 Å². The third-order valence-corrected chi connectivity index (χ3v) is 4.47. The maximum atomic E-state index is 11.2. The highest BCUT2D eigenvalue weighted by molar-refractivity contribution is 7.99. The Morgan fingerprint density at radius 1 is 1.45 bits per heavy atom. The Kier molecular flexibility index (Phi) is 5.26. The molecule has 0 fully saturated rings. The minimum atomic E-state index is -3.08. The van der Waals surface area contributed by atoms with Crippen LogP contribution in [0.2, 0.25) is 0 Å². The van der Waals surface area contributed by atoms with Crippen molar-refractivity contribution in [1.29, 1.82) is 0 Å². The minimum absolute atomic E-state index is 0.0150. The highest BCUT2D eigenvalue weighted by atomic mass is 32.2. The van der Waals surface area contributed by atoms with Crippen molar-refractivity contribution in [2.75, 3.05) is 17.8 Å². The number of aromatic nitrogens is 2. The van der Waals surface area contributed by atoms with Gasteiger partial charge in [-0.3, -0.25) is 9.48 Å². The number of nitrogens with zero attached hydrogens (tertiary/aromatic N) is 2. The van der Waals surface area contributed by atoms with E-state index in [0.717, 1.165) is 17.5 Å². The number of aryl methyl sites for hydroxylation is 1. The molecule has 0 aliphatic heterocycles. The molecule has 114 valence electrons. The number of hydrogen-bond acceptors (Lipinski definition) is 5. The van der Waals surface area contributed by atoms with Crippen LogP contribution in [-0.2, 0) is 26.6 Å². The average molecular weight is 320 g/mol. The van der Waals surface area contributed by atoms with Gasteiger partial charge in [0.05, 0.1) is 28.8 Å². The van der Waals surface area contributed by atoms with E-state index in [1.54, 1.807) is 4.68 Å². The van der Waals surface area contributed by atoms with Crippen molar-refractivity contribution in [1.82, 2.24) is 9.78 Å². The van der Waals surface area contributed by atoms with Gasteiger partial charge in [-0.2, -0.15) is 5.10 Å². The van der Waals surface area contributed by atoms with Crippen molar-refractivity contribution < 1.29 is 18.3 Å². The highest BCUT2D eigenvalue weighted by Crippen LogP contribution is 2.26. The molecular weight excluding hydrogens is 300 g/mol. The van der Waals surface area contributed by atoms with Crippen molar-refractivity contribution in [3.63, 3.8) is 0 Å². The van der Waals surface area contributed by atoms with Crippen molar-refractivity contribution in [2.45, 2.75) is 37.8 Å². The Morgan fingerprint density at radius 2 is 2.05 bits per heavy atom. The molecule has 6 nitrogen and oxygen atoms in total. The van der Waals surface area contributed by atoms with E-state index >= 15 is 0 Å².